The topological polar surface area (TPSA) is 195 Å². The summed E-state index contributed by atoms with van der Waals surface area (Å²) >= 11 is 1.68. The van der Waals surface area contributed by atoms with E-state index in [2.05, 4.69) is 350 Å². The molecule has 696 valence electrons. The van der Waals surface area contributed by atoms with Crippen LogP contribution in [0.3, 0.4) is 0 Å². The molecule has 17 aromatic rings. The summed E-state index contributed by atoms with van der Waals surface area (Å²) in [6.07, 6.45) is 23.1. The average molecular weight is 1760 g/mol. The molecule has 129 heavy (non-hydrogen) atoms. The summed E-state index contributed by atoms with van der Waals surface area (Å²) in [5.41, 5.74) is 19.1. The molecule has 0 bridgehead atoms. The molecule has 1 aliphatic heterocycles. The summed E-state index contributed by atoms with van der Waals surface area (Å²) in [5.74, 6) is 0. The second kappa shape index (κ2) is 58.8. The Bertz CT molecular complexity index is 4600. The molecule has 10 aromatic heterocycles. The van der Waals surface area contributed by atoms with Gasteiger partial charge in [0.25, 0.3) is 0 Å². The van der Waals surface area contributed by atoms with Gasteiger partial charge in [-0.05, 0) is 145 Å². The van der Waals surface area contributed by atoms with E-state index >= 15 is 0 Å². The number of pyridine rings is 3. The minimum atomic E-state index is 0.500. The molecule has 0 fully saturated rings. The zero-order valence-corrected chi connectivity index (χ0v) is 86.6. The highest BCUT2D eigenvalue weighted by atomic mass is 32.1. The smallest absolute Gasteiger partial charge is 0.155 e. The molecule has 1 aliphatic rings. The average Bonchev–Trinajstić information content (AvgIpc) is 1.21. The molecule has 16 nitrogen and oxygen atoms in total. The summed E-state index contributed by atoms with van der Waals surface area (Å²) in [4.78, 5) is 43.8. The van der Waals surface area contributed by atoms with Crippen LogP contribution in [0.15, 0.2) is 304 Å². The van der Waals surface area contributed by atoms with Gasteiger partial charge in [0.2, 0.25) is 0 Å². The number of aromatic amines is 2. The van der Waals surface area contributed by atoms with Crippen molar-refractivity contribution in [3.8, 4) is 0 Å². The Morgan fingerprint density at radius 3 is 1.19 bits per heavy atom. The van der Waals surface area contributed by atoms with Gasteiger partial charge in [-0.15, -0.1) is 11.3 Å². The van der Waals surface area contributed by atoms with Crippen molar-refractivity contribution in [2.24, 2.45) is 53.7 Å². The van der Waals surface area contributed by atoms with E-state index in [0.717, 1.165) is 72.7 Å². The van der Waals surface area contributed by atoms with Crippen LogP contribution in [0, 0.1) is 48.7 Å². The van der Waals surface area contributed by atoms with E-state index in [-0.39, 0.29) is 0 Å². The Balaban J connectivity index is 0.000000689. The first-order chi connectivity index (χ1) is 59.7. The molecule has 0 atom stereocenters. The molecule has 0 unspecified atom stereocenters. The lowest BCUT2D eigenvalue weighted by Crippen LogP contribution is -1.93. The van der Waals surface area contributed by atoms with Gasteiger partial charge in [0.15, 0.2) is 5.65 Å². The van der Waals surface area contributed by atoms with Gasteiger partial charge in [-0.2, -0.15) is 10.2 Å². The number of imidazole rings is 2. The number of benzene rings is 7. The normalized spacial score (nSPS) is 11.0. The third kappa shape index (κ3) is 73.1. The van der Waals surface area contributed by atoms with E-state index in [1.165, 1.54) is 27.5 Å². The highest BCUT2D eigenvalue weighted by Crippen LogP contribution is 2.19. The van der Waals surface area contributed by atoms with E-state index in [0.29, 0.717) is 48.7 Å². The lowest BCUT2D eigenvalue weighted by atomic mass is 10.0. The lowest BCUT2D eigenvalue weighted by molar-refractivity contribution is 0.469. The highest BCUT2D eigenvalue weighted by Gasteiger charge is 2.04. The number of aromatic nitrogens is 15. The maximum Gasteiger partial charge on any atom is 0.155 e. The number of H-pyrrole nitrogens is 2. The van der Waals surface area contributed by atoms with Gasteiger partial charge in [-0.25, -0.2) is 34.4 Å². The molecular formula is C112H162N16S. The Morgan fingerprint density at radius 1 is 0.295 bits per heavy atom. The molecule has 0 saturated carbocycles. The fourth-order valence-corrected chi connectivity index (χ4v) is 8.77. The van der Waals surface area contributed by atoms with Crippen LogP contribution in [0.25, 0.3) is 76.3 Å². The van der Waals surface area contributed by atoms with Crippen LogP contribution in [-0.4, -0.2) is 80.3 Å². The maximum atomic E-state index is 4.18. The van der Waals surface area contributed by atoms with Crippen molar-refractivity contribution in [2.75, 3.05) is 0 Å². The van der Waals surface area contributed by atoms with Crippen molar-refractivity contribution in [2.45, 2.75) is 256 Å². The molecule has 0 aliphatic carbocycles. The number of aliphatic imine (C=N–C) groups is 1. The lowest BCUT2D eigenvalue weighted by Gasteiger charge is -2.05. The summed E-state index contributed by atoms with van der Waals surface area (Å²) in [6.45, 7) is 79.6. The molecule has 0 saturated heterocycles. The van der Waals surface area contributed by atoms with Crippen molar-refractivity contribution in [3.05, 3.63) is 310 Å². The van der Waals surface area contributed by atoms with Crippen LogP contribution in [0.4, 0.5) is 0 Å². The Labute approximate surface area is 782 Å². The second-order valence-electron chi connectivity index (χ2n) is 44.8. The Hall–Kier alpha value is -11.6. The quantitative estimate of drug-likeness (QED) is 0.147. The summed E-state index contributed by atoms with van der Waals surface area (Å²) in [6, 6.07) is 71.9. The Morgan fingerprint density at radius 2 is 0.705 bits per heavy atom. The van der Waals surface area contributed by atoms with Gasteiger partial charge in [-0.3, -0.25) is 25.0 Å². The molecule has 18 rings (SSSR count). The largest absolute Gasteiger partial charge is 0.345 e. The third-order valence-corrected chi connectivity index (χ3v) is 13.1. The van der Waals surface area contributed by atoms with Crippen LogP contribution in [0.1, 0.15) is 260 Å². The number of rotatable bonds is 0. The van der Waals surface area contributed by atoms with Gasteiger partial charge in [0.1, 0.15) is 18.3 Å². The first-order valence-electron chi connectivity index (χ1n) is 44.5. The van der Waals surface area contributed by atoms with E-state index in [9.17, 15) is 0 Å². The molecule has 7 aromatic carbocycles. The van der Waals surface area contributed by atoms with E-state index in [4.69, 9.17) is 0 Å². The number of thiazole rings is 1. The van der Waals surface area contributed by atoms with Crippen LogP contribution in [-0.2, 0) is 6.54 Å². The van der Waals surface area contributed by atoms with Crippen LogP contribution < -0.4 is 0 Å². The third-order valence-electron chi connectivity index (χ3n) is 12.2. The molecule has 2 N–H and O–H groups in total. The minimum Gasteiger partial charge on any atom is -0.345 e. The SMILES string of the molecule is C1=NCc2ccccc21.CC(C)(C)C.CC(C)(C)C.CC(C)(C)C.CC(C)(C)C.CC(C)(C)C.CC(C)(C)C.CC(C)(C)C.CC(C)(C)C.CC(C)(C)C.c1ccc2[nH]cnc2c1.c1ccc2[nH]ncc2c1.c1ccc2ncccc2c1.c1ccc2nccnc2c1.c1ccc2ncncc2c1.c1ccc2scnc2c1.c1ccn2ccnc2c1.c1ccn2ncnc2c1. The summed E-state index contributed by atoms with van der Waals surface area (Å²) in [7, 11) is 0. The highest BCUT2D eigenvalue weighted by molar-refractivity contribution is 7.16. The predicted octanol–water partition coefficient (Wildman–Crippen LogP) is 33.1. The second-order valence-corrected chi connectivity index (χ2v) is 45.7. The number of hydrogen-bond acceptors (Lipinski definition) is 13. The van der Waals surface area contributed by atoms with Crippen LogP contribution >= 0.6 is 11.3 Å². The van der Waals surface area contributed by atoms with E-state index in [1.807, 2.05) is 241 Å². The number of nitrogens with one attached hydrogen (secondary N) is 2. The van der Waals surface area contributed by atoms with Gasteiger partial charge in [0.05, 0.1) is 73.4 Å². The molecule has 0 spiro atoms. The minimum absolute atomic E-state index is 0.500. The first-order valence-corrected chi connectivity index (χ1v) is 45.4. The van der Waals surface area contributed by atoms with Crippen molar-refractivity contribution in [1.82, 2.24) is 74.1 Å². The molecule has 0 amide bonds. The zero-order chi connectivity index (χ0) is 97.6. The monoisotopic (exact) mass is 1760 g/mol. The van der Waals surface area contributed by atoms with Gasteiger partial charge in [0, 0.05) is 71.9 Å². The zero-order valence-electron chi connectivity index (χ0n) is 85.7. The number of nitrogens with zero attached hydrogens (tertiary/aromatic N) is 14. The maximum absolute atomic E-state index is 4.18. The Kier molecular flexibility index (Phi) is 52.6. The molecular weight excluding hydrogens is 1600 g/mol. The fraction of sp³-hybridized carbons (Fsp3) is 0.411. The predicted molar refractivity (Wildman–Crippen MR) is 565 cm³/mol. The van der Waals surface area contributed by atoms with Gasteiger partial charge in [-0.1, -0.05) is 383 Å². The van der Waals surface area contributed by atoms with Gasteiger partial charge < -0.3 is 9.38 Å². The number of fused-ring (bicyclic) bond motifs is 9. The van der Waals surface area contributed by atoms with Crippen LogP contribution in [0.5, 0.6) is 0 Å². The van der Waals surface area contributed by atoms with Crippen molar-refractivity contribution in [1.29, 1.82) is 0 Å². The van der Waals surface area contributed by atoms with E-state index < -0.39 is 0 Å². The van der Waals surface area contributed by atoms with Crippen molar-refractivity contribution in [3.63, 3.8) is 0 Å². The van der Waals surface area contributed by atoms with Crippen LogP contribution in [0.2, 0.25) is 0 Å². The van der Waals surface area contributed by atoms with E-state index in [1.54, 1.807) is 47.1 Å². The van der Waals surface area contributed by atoms with Crippen molar-refractivity contribution >= 4 is 93.8 Å². The number of para-hydroxylation sites is 8. The number of hydrogen-bond donors (Lipinski definition) is 2. The van der Waals surface area contributed by atoms with Crippen molar-refractivity contribution < 1.29 is 0 Å². The molecule has 17 heteroatoms. The summed E-state index contributed by atoms with van der Waals surface area (Å²) in [5, 5.41) is 14.1. The summed E-state index contributed by atoms with van der Waals surface area (Å²) < 4.78 is 4.96. The molecule has 0 radical (unpaired) electrons. The molecule has 11 heterocycles. The standard InChI is InChI=1S/C9H7N.2C8H6N2.C8H7N.3C7H6N2.C7H5NS.C6H5N3.9C5H12/c1-2-6-9-8(4-1)5-3-7-10-9;1-2-4-8-7(3-1)5-9-6-10-8;1-2-4-8-7(3-1)9-5-6-10-8;1-2-4-8-6-9-5-7(8)3-1;1-2-5-9-6-4-8-7(9)3-1;1-2-4-7-6(3-1)8-5-9-7;1-2-4-7-6(3-1)5-8-9-7;1-2-4-7-6(3-1)8-5-9-7;1-2-4-9-6(3-1)7-5-8-9;9*1-5(2,3)4/h1-7H;2*1-6H;1-5H,6H2;1-6H;2*1-5H,(H,8,9);2*1-5H;9*1-4H3. The fourth-order valence-electron chi connectivity index (χ4n) is 8.09. The van der Waals surface area contributed by atoms with Gasteiger partial charge >= 0.3 is 0 Å². The first kappa shape index (κ1) is 115.